The van der Waals surface area contributed by atoms with Crippen LogP contribution in [-0.4, -0.2) is 41.0 Å². The lowest BCUT2D eigenvalue weighted by atomic mass is 10.0. The van der Waals surface area contributed by atoms with Crippen LogP contribution in [0.4, 0.5) is 16.2 Å². The van der Waals surface area contributed by atoms with E-state index in [2.05, 4.69) is 15.3 Å². The molecule has 180 valence electrons. The van der Waals surface area contributed by atoms with Crippen LogP contribution < -0.4 is 16.0 Å². The Labute approximate surface area is 206 Å². The van der Waals surface area contributed by atoms with Gasteiger partial charge in [0.05, 0.1) is 18.7 Å². The SMILES string of the molecule is NC(=O)C(=Cc1c[nH]c2nccc(NC(=O)Cc3ccc(N4CCOC4=O)cc3)c12)c1ccccc1. The van der Waals surface area contributed by atoms with Crippen molar-refractivity contribution >= 4 is 52.0 Å². The third kappa shape index (κ3) is 4.67. The molecule has 1 fully saturated rings. The van der Waals surface area contributed by atoms with E-state index in [9.17, 15) is 14.4 Å². The van der Waals surface area contributed by atoms with Gasteiger partial charge in [-0.15, -0.1) is 0 Å². The minimum atomic E-state index is -0.560. The van der Waals surface area contributed by atoms with E-state index >= 15 is 0 Å². The molecule has 5 rings (SSSR count). The molecule has 1 saturated heterocycles. The predicted molar refractivity (Wildman–Crippen MR) is 137 cm³/mol. The number of aromatic nitrogens is 2. The lowest BCUT2D eigenvalue weighted by Crippen LogP contribution is -2.23. The highest BCUT2D eigenvalue weighted by atomic mass is 16.6. The number of hydrogen-bond acceptors (Lipinski definition) is 5. The fourth-order valence-electron chi connectivity index (χ4n) is 4.17. The number of cyclic esters (lactones) is 1. The predicted octanol–water partition coefficient (Wildman–Crippen LogP) is 3.73. The fraction of sp³-hybridized carbons (Fsp3) is 0.111. The third-order valence-corrected chi connectivity index (χ3v) is 5.90. The maximum absolute atomic E-state index is 12.9. The first-order chi connectivity index (χ1) is 17.5. The normalized spacial score (nSPS) is 13.6. The van der Waals surface area contributed by atoms with Gasteiger partial charge in [0, 0.05) is 34.6 Å². The Morgan fingerprint density at radius 2 is 1.89 bits per heavy atom. The molecule has 0 bridgehead atoms. The number of hydrogen-bond donors (Lipinski definition) is 3. The van der Waals surface area contributed by atoms with Gasteiger partial charge in [-0.1, -0.05) is 42.5 Å². The van der Waals surface area contributed by atoms with Crippen LogP contribution in [0.25, 0.3) is 22.7 Å². The van der Waals surface area contributed by atoms with E-state index in [0.29, 0.717) is 46.6 Å². The summed E-state index contributed by atoms with van der Waals surface area (Å²) in [6.45, 7) is 0.873. The molecule has 4 aromatic rings. The summed E-state index contributed by atoms with van der Waals surface area (Å²) < 4.78 is 4.97. The van der Waals surface area contributed by atoms with Gasteiger partial charge in [0.15, 0.2) is 0 Å². The molecule has 4 N–H and O–H groups in total. The molecule has 36 heavy (non-hydrogen) atoms. The highest BCUT2D eigenvalue weighted by Crippen LogP contribution is 2.29. The summed E-state index contributed by atoms with van der Waals surface area (Å²) in [4.78, 5) is 45.8. The summed E-state index contributed by atoms with van der Waals surface area (Å²) in [6.07, 6.45) is 4.78. The molecule has 0 unspecified atom stereocenters. The van der Waals surface area contributed by atoms with Gasteiger partial charge >= 0.3 is 6.09 Å². The van der Waals surface area contributed by atoms with Crippen LogP contribution in [0, 0.1) is 0 Å². The van der Waals surface area contributed by atoms with E-state index in [1.807, 2.05) is 42.5 Å². The number of nitrogens with zero attached hydrogens (tertiary/aromatic N) is 2. The number of benzene rings is 2. The Morgan fingerprint density at radius 3 is 2.58 bits per heavy atom. The van der Waals surface area contributed by atoms with Crippen LogP contribution in [0.15, 0.2) is 73.1 Å². The molecular weight excluding hydrogens is 458 g/mol. The Bertz CT molecular complexity index is 1480. The highest BCUT2D eigenvalue weighted by molar-refractivity contribution is 6.24. The van der Waals surface area contributed by atoms with E-state index in [4.69, 9.17) is 10.5 Å². The molecule has 0 saturated carbocycles. The third-order valence-electron chi connectivity index (χ3n) is 5.90. The van der Waals surface area contributed by atoms with Crippen molar-refractivity contribution in [3.8, 4) is 0 Å². The number of primary amides is 1. The molecule has 9 heteroatoms. The summed E-state index contributed by atoms with van der Waals surface area (Å²) in [6, 6.07) is 18.1. The van der Waals surface area contributed by atoms with Gasteiger partial charge in [-0.25, -0.2) is 9.78 Å². The van der Waals surface area contributed by atoms with Crippen molar-refractivity contribution in [2.45, 2.75) is 6.42 Å². The standard InChI is InChI=1S/C27H23N5O4/c28-25(34)21(18-4-2-1-3-5-18)15-19-16-30-26-24(19)22(10-11-29-26)31-23(33)14-17-6-8-20(9-7-17)32-12-13-36-27(32)35/h1-11,15-16H,12-14H2,(H2,28,34)(H2,29,30,31,33). The molecule has 0 aliphatic carbocycles. The molecule has 2 aromatic heterocycles. The summed E-state index contributed by atoms with van der Waals surface area (Å²) >= 11 is 0. The molecule has 0 spiro atoms. The number of aromatic amines is 1. The number of ether oxygens (including phenoxy) is 1. The van der Waals surface area contributed by atoms with Gasteiger partial charge in [-0.3, -0.25) is 14.5 Å². The minimum absolute atomic E-state index is 0.140. The number of amides is 3. The maximum Gasteiger partial charge on any atom is 0.414 e. The molecule has 2 aromatic carbocycles. The van der Waals surface area contributed by atoms with Crippen molar-refractivity contribution in [1.29, 1.82) is 0 Å². The van der Waals surface area contributed by atoms with Gasteiger partial charge < -0.3 is 20.8 Å². The average Bonchev–Trinajstić information content (AvgIpc) is 3.50. The van der Waals surface area contributed by atoms with Crippen molar-refractivity contribution in [3.63, 3.8) is 0 Å². The van der Waals surface area contributed by atoms with E-state index < -0.39 is 5.91 Å². The Morgan fingerprint density at radius 1 is 1.11 bits per heavy atom. The first-order valence-electron chi connectivity index (χ1n) is 11.4. The second-order valence-electron chi connectivity index (χ2n) is 8.27. The lowest BCUT2D eigenvalue weighted by Gasteiger charge is -2.13. The second-order valence-corrected chi connectivity index (χ2v) is 8.27. The first-order valence-corrected chi connectivity index (χ1v) is 11.4. The number of rotatable bonds is 7. The van der Waals surface area contributed by atoms with Gasteiger partial charge in [0.2, 0.25) is 11.8 Å². The van der Waals surface area contributed by atoms with Crippen LogP contribution >= 0.6 is 0 Å². The quantitative estimate of drug-likeness (QED) is 0.346. The number of pyridine rings is 1. The number of H-pyrrole nitrogens is 1. The van der Waals surface area contributed by atoms with Crippen molar-refractivity contribution in [3.05, 3.63) is 89.7 Å². The van der Waals surface area contributed by atoms with Gasteiger partial charge in [-0.05, 0) is 35.4 Å². The van der Waals surface area contributed by atoms with Gasteiger partial charge in [-0.2, -0.15) is 0 Å². The molecule has 1 aliphatic rings. The molecular formula is C27H23N5O4. The second kappa shape index (κ2) is 9.75. The van der Waals surface area contributed by atoms with E-state index in [1.165, 1.54) is 0 Å². The number of nitrogens with two attached hydrogens (primary N) is 1. The van der Waals surface area contributed by atoms with Crippen LogP contribution in [0.3, 0.4) is 0 Å². The average molecular weight is 482 g/mol. The molecule has 3 amide bonds. The highest BCUT2D eigenvalue weighted by Gasteiger charge is 2.23. The van der Waals surface area contributed by atoms with Crippen LogP contribution in [-0.2, 0) is 20.7 Å². The lowest BCUT2D eigenvalue weighted by molar-refractivity contribution is -0.115. The molecule has 9 nitrogen and oxygen atoms in total. The number of nitrogens with one attached hydrogen (secondary N) is 2. The van der Waals surface area contributed by atoms with Crippen molar-refractivity contribution < 1.29 is 19.1 Å². The largest absolute Gasteiger partial charge is 0.447 e. The number of fused-ring (bicyclic) bond motifs is 1. The summed E-state index contributed by atoms with van der Waals surface area (Å²) in [5.74, 6) is -0.777. The number of carbonyl (C=O) groups excluding carboxylic acids is 3. The molecule has 3 heterocycles. The van der Waals surface area contributed by atoms with E-state index in [1.54, 1.807) is 41.6 Å². The summed E-state index contributed by atoms with van der Waals surface area (Å²) in [7, 11) is 0. The van der Waals surface area contributed by atoms with Crippen LogP contribution in [0.5, 0.6) is 0 Å². The zero-order valence-electron chi connectivity index (χ0n) is 19.2. The van der Waals surface area contributed by atoms with E-state index in [-0.39, 0.29) is 18.4 Å². The van der Waals surface area contributed by atoms with Gasteiger partial charge in [0.25, 0.3) is 0 Å². The number of carbonyl (C=O) groups is 3. The van der Waals surface area contributed by atoms with Crippen molar-refractivity contribution in [1.82, 2.24) is 9.97 Å². The van der Waals surface area contributed by atoms with Crippen LogP contribution in [0.2, 0.25) is 0 Å². The summed E-state index contributed by atoms with van der Waals surface area (Å²) in [5.41, 5.74) is 10.0. The Hall–Kier alpha value is -4.92. The van der Waals surface area contributed by atoms with Crippen molar-refractivity contribution in [2.75, 3.05) is 23.4 Å². The first kappa shape index (κ1) is 22.9. The molecule has 1 aliphatic heterocycles. The minimum Gasteiger partial charge on any atom is -0.447 e. The fourth-order valence-corrected chi connectivity index (χ4v) is 4.17. The smallest absolute Gasteiger partial charge is 0.414 e. The van der Waals surface area contributed by atoms with Crippen LogP contribution in [0.1, 0.15) is 16.7 Å². The van der Waals surface area contributed by atoms with E-state index in [0.717, 1.165) is 11.3 Å². The van der Waals surface area contributed by atoms with Crippen molar-refractivity contribution in [2.24, 2.45) is 5.73 Å². The monoisotopic (exact) mass is 481 g/mol. The Kier molecular flexibility index (Phi) is 6.19. The zero-order chi connectivity index (χ0) is 25.1. The molecule has 0 radical (unpaired) electrons. The van der Waals surface area contributed by atoms with Gasteiger partial charge in [0.1, 0.15) is 12.3 Å². The molecule has 0 atom stereocenters. The topological polar surface area (TPSA) is 130 Å². The number of anilines is 2. The zero-order valence-corrected chi connectivity index (χ0v) is 19.2. The Balaban J connectivity index is 1.38. The summed E-state index contributed by atoms with van der Waals surface area (Å²) in [5, 5.41) is 3.62. The maximum atomic E-state index is 12.9.